The van der Waals surface area contributed by atoms with Gasteiger partial charge in [-0.15, -0.1) is 0 Å². The molecule has 30 heavy (non-hydrogen) atoms. The fraction of sp³-hybridized carbons (Fsp3) is 0.789. The average Bonchev–Trinajstić information content (AvgIpc) is 2.67. The van der Waals surface area contributed by atoms with Crippen LogP contribution in [-0.2, 0) is 19.2 Å². The van der Waals surface area contributed by atoms with E-state index in [2.05, 4.69) is 28.6 Å². The normalized spacial score (nSPS) is 15.2. The highest BCUT2D eigenvalue weighted by atomic mass is 32.1. The number of nitrogens with two attached hydrogens (primary N) is 2. The molecule has 0 saturated heterocycles. The van der Waals surface area contributed by atoms with Crippen LogP contribution in [0.25, 0.3) is 0 Å². The highest BCUT2D eigenvalue weighted by Gasteiger charge is 2.30. The van der Waals surface area contributed by atoms with Gasteiger partial charge in [0.2, 0.25) is 17.7 Å². The van der Waals surface area contributed by atoms with E-state index in [0.29, 0.717) is 25.8 Å². The smallest absolute Gasteiger partial charge is 0.326 e. The summed E-state index contributed by atoms with van der Waals surface area (Å²) in [7, 11) is 0. The van der Waals surface area contributed by atoms with Gasteiger partial charge < -0.3 is 32.5 Å². The Labute approximate surface area is 183 Å². The summed E-state index contributed by atoms with van der Waals surface area (Å²) in [6, 6.07) is -3.83. The lowest BCUT2D eigenvalue weighted by molar-refractivity contribution is -0.143. The fourth-order valence-electron chi connectivity index (χ4n) is 2.57. The Bertz CT molecular complexity index is 588. The number of nitrogens with one attached hydrogen (secondary N) is 3. The van der Waals surface area contributed by atoms with E-state index >= 15 is 0 Å². The highest BCUT2D eigenvalue weighted by Crippen LogP contribution is 2.06. The minimum absolute atomic E-state index is 0.0447. The summed E-state index contributed by atoms with van der Waals surface area (Å²) in [5, 5.41) is 16.8. The predicted molar refractivity (Wildman–Crippen MR) is 118 cm³/mol. The highest BCUT2D eigenvalue weighted by molar-refractivity contribution is 7.80. The van der Waals surface area contributed by atoms with Crippen LogP contribution in [0.4, 0.5) is 0 Å². The van der Waals surface area contributed by atoms with E-state index in [9.17, 15) is 24.3 Å². The maximum Gasteiger partial charge on any atom is 0.326 e. The molecule has 4 unspecified atom stereocenters. The second-order valence-electron chi connectivity index (χ2n) is 7.93. The number of hydrogen-bond donors (Lipinski definition) is 7. The molecule has 3 amide bonds. The van der Waals surface area contributed by atoms with Gasteiger partial charge in [0.1, 0.15) is 18.1 Å². The molecular weight excluding hydrogens is 410 g/mol. The van der Waals surface area contributed by atoms with Crippen molar-refractivity contribution in [1.82, 2.24) is 16.0 Å². The van der Waals surface area contributed by atoms with Gasteiger partial charge in [0, 0.05) is 5.75 Å². The second-order valence-corrected chi connectivity index (χ2v) is 8.29. The van der Waals surface area contributed by atoms with Crippen molar-refractivity contribution < 1.29 is 24.3 Å². The molecule has 0 aliphatic heterocycles. The van der Waals surface area contributed by atoms with Crippen molar-refractivity contribution >= 4 is 36.3 Å². The van der Waals surface area contributed by atoms with E-state index in [4.69, 9.17) is 11.5 Å². The number of aliphatic carboxylic acids is 1. The summed E-state index contributed by atoms with van der Waals surface area (Å²) in [5.41, 5.74) is 11.4. The van der Waals surface area contributed by atoms with Crippen LogP contribution in [0.5, 0.6) is 0 Å². The van der Waals surface area contributed by atoms with Crippen LogP contribution in [0.1, 0.15) is 47.0 Å². The van der Waals surface area contributed by atoms with Crippen LogP contribution < -0.4 is 27.4 Å². The molecule has 0 rings (SSSR count). The summed E-state index contributed by atoms with van der Waals surface area (Å²) in [4.78, 5) is 48.9. The van der Waals surface area contributed by atoms with Gasteiger partial charge in [0.15, 0.2) is 0 Å². The molecule has 0 radical (unpaired) electrons. The molecule has 0 spiro atoms. The van der Waals surface area contributed by atoms with Crippen molar-refractivity contribution in [3.63, 3.8) is 0 Å². The van der Waals surface area contributed by atoms with Crippen molar-refractivity contribution in [3.8, 4) is 0 Å². The van der Waals surface area contributed by atoms with E-state index in [1.165, 1.54) is 0 Å². The molecule has 0 bridgehead atoms. The first kappa shape index (κ1) is 28.1. The third-order valence-electron chi connectivity index (χ3n) is 4.65. The molecule has 0 aromatic heterocycles. The minimum atomic E-state index is -1.17. The van der Waals surface area contributed by atoms with Gasteiger partial charge >= 0.3 is 5.97 Å². The lowest BCUT2D eigenvalue weighted by Crippen LogP contribution is -2.58. The van der Waals surface area contributed by atoms with E-state index in [1.807, 2.05) is 0 Å². The van der Waals surface area contributed by atoms with Crippen LogP contribution >= 0.6 is 12.6 Å². The third kappa shape index (κ3) is 9.77. The quantitative estimate of drug-likeness (QED) is 0.135. The molecule has 174 valence electrons. The van der Waals surface area contributed by atoms with Crippen LogP contribution in [0.3, 0.4) is 0 Å². The average molecular weight is 448 g/mol. The first-order chi connectivity index (χ1) is 14.0. The monoisotopic (exact) mass is 447 g/mol. The first-order valence-electron chi connectivity index (χ1n) is 10.2. The zero-order valence-electron chi connectivity index (χ0n) is 18.2. The fourth-order valence-corrected chi connectivity index (χ4v) is 2.82. The number of carbonyl (C=O) groups is 4. The number of carboxylic acid groups (broad SMARTS) is 1. The standard InChI is InChI=1S/C19H37N5O5S/c1-10(2)14(21)18(27)22-12(7-5-6-8-20)16(25)23-13(9-30)17(26)24-15(11(3)4)19(28)29/h10-15,30H,5-9,20-21H2,1-4H3,(H,22,27)(H,23,25)(H,24,26)(H,28,29). The van der Waals surface area contributed by atoms with Gasteiger partial charge in [-0.25, -0.2) is 4.79 Å². The van der Waals surface area contributed by atoms with Gasteiger partial charge in [-0.3, -0.25) is 14.4 Å². The van der Waals surface area contributed by atoms with Gasteiger partial charge in [-0.2, -0.15) is 12.6 Å². The van der Waals surface area contributed by atoms with Crippen LogP contribution in [0.15, 0.2) is 0 Å². The van der Waals surface area contributed by atoms with Gasteiger partial charge in [0.25, 0.3) is 0 Å². The van der Waals surface area contributed by atoms with Crippen molar-refractivity contribution in [2.75, 3.05) is 12.3 Å². The molecule has 8 N–H and O–H groups in total. The minimum Gasteiger partial charge on any atom is -0.480 e. The summed E-state index contributed by atoms with van der Waals surface area (Å²) >= 11 is 4.09. The Morgan fingerprint density at radius 1 is 0.867 bits per heavy atom. The van der Waals surface area contributed by atoms with E-state index < -0.39 is 47.9 Å². The molecule has 0 fully saturated rings. The van der Waals surface area contributed by atoms with Gasteiger partial charge in [-0.1, -0.05) is 27.7 Å². The van der Waals surface area contributed by atoms with Crippen molar-refractivity contribution in [2.24, 2.45) is 23.3 Å². The van der Waals surface area contributed by atoms with E-state index in [-0.39, 0.29) is 17.6 Å². The predicted octanol–water partition coefficient (Wildman–Crippen LogP) is -0.776. The van der Waals surface area contributed by atoms with Crippen LogP contribution in [0.2, 0.25) is 0 Å². The Balaban J connectivity index is 5.23. The topological polar surface area (TPSA) is 177 Å². The number of hydrogen-bond acceptors (Lipinski definition) is 7. The van der Waals surface area contributed by atoms with Gasteiger partial charge in [0.05, 0.1) is 6.04 Å². The third-order valence-corrected chi connectivity index (χ3v) is 5.01. The van der Waals surface area contributed by atoms with Crippen molar-refractivity contribution in [2.45, 2.75) is 71.1 Å². The lowest BCUT2D eigenvalue weighted by Gasteiger charge is -2.25. The number of thiol groups is 1. The van der Waals surface area contributed by atoms with E-state index in [1.54, 1.807) is 27.7 Å². The number of unbranched alkanes of at least 4 members (excludes halogenated alkanes) is 1. The Kier molecular flexibility index (Phi) is 13.3. The Morgan fingerprint density at radius 3 is 1.83 bits per heavy atom. The number of amides is 3. The lowest BCUT2D eigenvalue weighted by atomic mass is 10.0. The van der Waals surface area contributed by atoms with E-state index in [0.717, 1.165) is 0 Å². The molecule has 0 aromatic carbocycles. The summed E-state index contributed by atoms with van der Waals surface area (Å²) in [5.74, 6) is -3.36. The molecule has 0 aliphatic carbocycles. The van der Waals surface area contributed by atoms with Gasteiger partial charge in [-0.05, 0) is 37.6 Å². The second kappa shape index (κ2) is 14.2. The number of carbonyl (C=O) groups excluding carboxylic acids is 3. The van der Waals surface area contributed by atoms with Crippen LogP contribution in [0, 0.1) is 11.8 Å². The molecule has 0 heterocycles. The molecule has 4 atom stereocenters. The van der Waals surface area contributed by atoms with Crippen molar-refractivity contribution in [3.05, 3.63) is 0 Å². The summed E-state index contributed by atoms with van der Waals surface area (Å²) < 4.78 is 0. The number of rotatable bonds is 14. The molecule has 0 aromatic rings. The summed E-state index contributed by atoms with van der Waals surface area (Å²) in [6.07, 6.45) is 1.59. The molecule has 11 heteroatoms. The van der Waals surface area contributed by atoms with Crippen molar-refractivity contribution in [1.29, 1.82) is 0 Å². The molecule has 0 aliphatic rings. The molecule has 10 nitrogen and oxygen atoms in total. The first-order valence-corrected chi connectivity index (χ1v) is 10.8. The summed E-state index contributed by atoms with van der Waals surface area (Å²) in [6.45, 7) is 7.36. The SMILES string of the molecule is CC(C)C(N)C(=O)NC(CCCCN)C(=O)NC(CS)C(=O)NC(C(=O)O)C(C)C. The maximum atomic E-state index is 12.8. The zero-order valence-corrected chi connectivity index (χ0v) is 19.1. The van der Waals surface area contributed by atoms with Crippen LogP contribution in [-0.4, -0.2) is 65.3 Å². The number of carboxylic acids is 1. The zero-order chi connectivity index (χ0) is 23.4. The Hall–Kier alpha value is -1.85. The molecule has 0 saturated carbocycles. The maximum absolute atomic E-state index is 12.8. The largest absolute Gasteiger partial charge is 0.480 e. The molecular formula is C19H37N5O5S. The Morgan fingerprint density at radius 2 is 1.40 bits per heavy atom.